The van der Waals surface area contributed by atoms with Crippen LogP contribution in [-0.2, 0) is 11.2 Å². The molecule has 2 aliphatic rings. The molecule has 1 aromatic carbocycles. The van der Waals surface area contributed by atoms with E-state index in [1.165, 1.54) is 6.42 Å². The number of carbonyl (C=O) groups excluding carboxylic acids is 1. The van der Waals surface area contributed by atoms with Crippen molar-refractivity contribution in [2.75, 3.05) is 33.3 Å². The second kappa shape index (κ2) is 7.96. The van der Waals surface area contributed by atoms with E-state index in [1.54, 1.807) is 7.11 Å². The summed E-state index contributed by atoms with van der Waals surface area (Å²) in [6.45, 7) is 8.17. The third kappa shape index (κ3) is 4.29. The largest absolute Gasteiger partial charge is 0.496 e. The Hall–Kier alpha value is -1.26. The van der Waals surface area contributed by atoms with Gasteiger partial charge in [-0.15, -0.1) is 12.4 Å². The van der Waals surface area contributed by atoms with Crippen molar-refractivity contribution in [2.45, 2.75) is 39.5 Å². The summed E-state index contributed by atoms with van der Waals surface area (Å²) in [5.74, 6) is 1.14. The lowest BCUT2D eigenvalue weighted by molar-refractivity contribution is -0.142. The molecule has 1 spiro atoms. The molecular weight excluding hydrogens is 336 g/mol. The first-order chi connectivity index (χ1) is 11.5. The highest BCUT2D eigenvalue weighted by Gasteiger charge is 2.41. The molecule has 1 amide bonds. The number of hydrogen-bond acceptors (Lipinski definition) is 3. The molecule has 25 heavy (non-hydrogen) atoms. The minimum atomic E-state index is -0.410. The number of methoxy groups -OCH3 is 1. The second-order valence-electron chi connectivity index (χ2n) is 8.09. The fraction of sp³-hybridized carbons (Fsp3) is 0.650. The van der Waals surface area contributed by atoms with E-state index >= 15 is 0 Å². The Morgan fingerprint density at radius 3 is 2.52 bits per heavy atom. The number of para-hydroxylation sites is 1. The summed E-state index contributed by atoms with van der Waals surface area (Å²) in [5.41, 5.74) is 1.14. The highest BCUT2D eigenvalue weighted by Crippen LogP contribution is 2.38. The number of rotatable bonds is 4. The zero-order valence-electron chi connectivity index (χ0n) is 15.6. The van der Waals surface area contributed by atoms with Crippen LogP contribution in [0.4, 0.5) is 0 Å². The number of piperidine rings is 1. The SMILES string of the molecule is COc1ccccc1CC(C)(C)C(=O)N1CCC2(CCNC2)CC1.Cl. The molecule has 2 heterocycles. The maximum atomic E-state index is 13.1. The topological polar surface area (TPSA) is 41.6 Å². The Kier molecular flexibility index (Phi) is 6.39. The number of halogens is 1. The van der Waals surface area contributed by atoms with Crippen LogP contribution >= 0.6 is 12.4 Å². The third-order valence-electron chi connectivity index (χ3n) is 5.85. The molecule has 0 aromatic heterocycles. The molecular formula is C20H31ClN2O2. The van der Waals surface area contributed by atoms with Gasteiger partial charge in [0, 0.05) is 25.0 Å². The van der Waals surface area contributed by atoms with E-state index in [1.807, 2.05) is 18.2 Å². The van der Waals surface area contributed by atoms with Crippen LogP contribution in [0, 0.1) is 10.8 Å². The molecule has 0 bridgehead atoms. The molecule has 0 aliphatic carbocycles. The number of likely N-dealkylation sites (tertiary alicyclic amines) is 1. The van der Waals surface area contributed by atoms with Gasteiger partial charge in [0.05, 0.1) is 7.11 Å². The Bertz CT molecular complexity index is 587. The standard InChI is InChI=1S/C20H30N2O2.ClH/c1-19(2,14-16-6-4-5-7-17(16)24-3)18(23)22-12-9-20(10-13-22)8-11-21-15-20;/h4-7,21H,8-15H2,1-3H3;1H. The van der Waals surface area contributed by atoms with Gasteiger partial charge in [-0.3, -0.25) is 4.79 Å². The van der Waals surface area contributed by atoms with Crippen LogP contribution in [0.2, 0.25) is 0 Å². The lowest BCUT2D eigenvalue weighted by Crippen LogP contribution is -2.49. The fourth-order valence-corrected chi connectivity index (χ4v) is 4.24. The highest BCUT2D eigenvalue weighted by atomic mass is 35.5. The van der Waals surface area contributed by atoms with Crippen molar-refractivity contribution in [3.63, 3.8) is 0 Å². The number of nitrogens with zero attached hydrogens (tertiary/aromatic N) is 1. The molecule has 1 N–H and O–H groups in total. The number of carbonyl (C=O) groups is 1. The first-order valence-electron chi connectivity index (χ1n) is 9.08. The Morgan fingerprint density at radius 1 is 1.24 bits per heavy atom. The number of nitrogens with one attached hydrogen (secondary N) is 1. The number of ether oxygens (including phenoxy) is 1. The normalized spacial score (nSPS) is 19.6. The lowest BCUT2D eigenvalue weighted by atomic mass is 9.76. The molecule has 2 saturated heterocycles. The van der Waals surface area contributed by atoms with Crippen molar-refractivity contribution >= 4 is 18.3 Å². The summed E-state index contributed by atoms with van der Waals surface area (Å²) in [6.07, 6.45) is 4.24. The van der Waals surface area contributed by atoms with Gasteiger partial charge < -0.3 is 15.0 Å². The Balaban J connectivity index is 0.00000225. The third-order valence-corrected chi connectivity index (χ3v) is 5.85. The van der Waals surface area contributed by atoms with Gasteiger partial charge in [0.2, 0.25) is 5.91 Å². The van der Waals surface area contributed by atoms with Crippen LogP contribution in [0.25, 0.3) is 0 Å². The van der Waals surface area contributed by atoms with E-state index in [-0.39, 0.29) is 18.3 Å². The van der Waals surface area contributed by atoms with Gasteiger partial charge in [0.1, 0.15) is 5.75 Å². The zero-order valence-corrected chi connectivity index (χ0v) is 16.5. The predicted molar refractivity (Wildman–Crippen MR) is 103 cm³/mol. The zero-order chi connectivity index (χ0) is 17.2. The van der Waals surface area contributed by atoms with E-state index < -0.39 is 5.41 Å². The van der Waals surface area contributed by atoms with Crippen LogP contribution in [-0.4, -0.2) is 44.1 Å². The summed E-state index contributed by atoms with van der Waals surface area (Å²) in [5, 5.41) is 3.49. The van der Waals surface area contributed by atoms with E-state index in [0.29, 0.717) is 11.8 Å². The number of benzene rings is 1. The molecule has 3 rings (SSSR count). The van der Waals surface area contributed by atoms with Crippen molar-refractivity contribution in [3.8, 4) is 5.75 Å². The molecule has 0 atom stereocenters. The number of amides is 1. The molecule has 0 unspecified atom stereocenters. The van der Waals surface area contributed by atoms with Crippen LogP contribution in [0.1, 0.15) is 38.7 Å². The number of hydrogen-bond donors (Lipinski definition) is 1. The van der Waals surface area contributed by atoms with Gasteiger partial charge in [-0.25, -0.2) is 0 Å². The summed E-state index contributed by atoms with van der Waals surface area (Å²) in [7, 11) is 1.69. The quantitative estimate of drug-likeness (QED) is 0.889. The maximum absolute atomic E-state index is 13.1. The van der Waals surface area contributed by atoms with Crippen LogP contribution < -0.4 is 10.1 Å². The lowest BCUT2D eigenvalue weighted by Gasteiger charge is -2.41. The second-order valence-corrected chi connectivity index (χ2v) is 8.09. The average molecular weight is 367 g/mol. The first-order valence-corrected chi connectivity index (χ1v) is 9.08. The van der Waals surface area contributed by atoms with Crippen molar-refractivity contribution in [1.82, 2.24) is 10.2 Å². The molecule has 0 radical (unpaired) electrons. The predicted octanol–water partition coefficient (Wildman–Crippen LogP) is 3.29. The maximum Gasteiger partial charge on any atom is 0.228 e. The Labute approximate surface area is 157 Å². The van der Waals surface area contributed by atoms with Gasteiger partial charge in [-0.2, -0.15) is 0 Å². The van der Waals surface area contributed by atoms with E-state index in [9.17, 15) is 4.79 Å². The van der Waals surface area contributed by atoms with Crippen LogP contribution in [0.3, 0.4) is 0 Å². The summed E-state index contributed by atoms with van der Waals surface area (Å²) in [4.78, 5) is 15.2. The molecule has 140 valence electrons. The summed E-state index contributed by atoms with van der Waals surface area (Å²) >= 11 is 0. The summed E-state index contributed by atoms with van der Waals surface area (Å²) < 4.78 is 5.45. The van der Waals surface area contributed by atoms with Gasteiger partial charge in [-0.1, -0.05) is 32.0 Å². The Morgan fingerprint density at radius 2 is 1.92 bits per heavy atom. The molecule has 5 heteroatoms. The van der Waals surface area contributed by atoms with Gasteiger partial charge in [-0.05, 0) is 49.3 Å². The van der Waals surface area contributed by atoms with Gasteiger partial charge in [0.15, 0.2) is 0 Å². The van der Waals surface area contributed by atoms with Crippen LogP contribution in [0.5, 0.6) is 5.75 Å². The van der Waals surface area contributed by atoms with E-state index in [2.05, 4.69) is 30.1 Å². The highest BCUT2D eigenvalue weighted by molar-refractivity contribution is 5.85. The van der Waals surface area contributed by atoms with Gasteiger partial charge >= 0.3 is 0 Å². The average Bonchev–Trinajstić information content (AvgIpc) is 3.03. The van der Waals surface area contributed by atoms with Crippen molar-refractivity contribution in [3.05, 3.63) is 29.8 Å². The van der Waals surface area contributed by atoms with E-state index in [4.69, 9.17) is 4.74 Å². The van der Waals surface area contributed by atoms with Gasteiger partial charge in [0.25, 0.3) is 0 Å². The minimum absolute atomic E-state index is 0. The molecule has 0 saturated carbocycles. The smallest absolute Gasteiger partial charge is 0.228 e. The molecule has 4 nitrogen and oxygen atoms in total. The first kappa shape index (κ1) is 20.1. The monoisotopic (exact) mass is 366 g/mol. The molecule has 2 aliphatic heterocycles. The van der Waals surface area contributed by atoms with Crippen molar-refractivity contribution < 1.29 is 9.53 Å². The fourth-order valence-electron chi connectivity index (χ4n) is 4.24. The minimum Gasteiger partial charge on any atom is -0.496 e. The van der Waals surface area contributed by atoms with Crippen molar-refractivity contribution in [1.29, 1.82) is 0 Å². The van der Waals surface area contributed by atoms with Crippen LogP contribution in [0.15, 0.2) is 24.3 Å². The van der Waals surface area contributed by atoms with Crippen molar-refractivity contribution in [2.24, 2.45) is 10.8 Å². The summed E-state index contributed by atoms with van der Waals surface area (Å²) in [6, 6.07) is 8.00. The van der Waals surface area contributed by atoms with E-state index in [0.717, 1.165) is 50.3 Å². The molecule has 2 fully saturated rings. The molecule has 1 aromatic rings.